The Hall–Kier alpha value is -2.89. The summed E-state index contributed by atoms with van der Waals surface area (Å²) in [6.45, 7) is 0. The Labute approximate surface area is 133 Å². The number of aliphatic imine (C=N–C) groups is 1. The van der Waals surface area contributed by atoms with Gasteiger partial charge in [0.2, 0.25) is 0 Å². The predicted octanol–water partition coefficient (Wildman–Crippen LogP) is 1.96. The molecule has 2 rings (SSSR count). The van der Waals surface area contributed by atoms with Crippen LogP contribution in [0.4, 0.5) is 4.39 Å². The zero-order valence-electron chi connectivity index (χ0n) is 12.7. The number of rotatable bonds is 5. The van der Waals surface area contributed by atoms with Crippen molar-refractivity contribution in [3.63, 3.8) is 0 Å². The zero-order chi connectivity index (χ0) is 16.8. The fourth-order valence-electron chi connectivity index (χ4n) is 2.25. The Balaban J connectivity index is 2.30. The minimum absolute atomic E-state index is 0.295. The Kier molecular flexibility index (Phi) is 5.30. The molecule has 0 aliphatic carbocycles. The van der Waals surface area contributed by atoms with Gasteiger partial charge in [0.05, 0.1) is 13.0 Å². The summed E-state index contributed by atoms with van der Waals surface area (Å²) in [5.41, 5.74) is 12.2. The lowest BCUT2D eigenvalue weighted by atomic mass is 9.91. The first kappa shape index (κ1) is 16.5. The van der Waals surface area contributed by atoms with Crippen LogP contribution in [0.25, 0.3) is 0 Å². The van der Waals surface area contributed by atoms with Gasteiger partial charge < -0.3 is 16.2 Å². The number of guanidine groups is 1. The van der Waals surface area contributed by atoms with Crippen molar-refractivity contribution in [1.29, 1.82) is 0 Å². The second kappa shape index (κ2) is 7.40. The van der Waals surface area contributed by atoms with Crippen LogP contribution in [0.5, 0.6) is 5.75 Å². The van der Waals surface area contributed by atoms with Crippen molar-refractivity contribution < 1.29 is 13.9 Å². The summed E-state index contributed by atoms with van der Waals surface area (Å²) in [6.07, 6.45) is 0.394. The molecule has 4 N–H and O–H groups in total. The molecule has 0 fully saturated rings. The summed E-state index contributed by atoms with van der Waals surface area (Å²) >= 11 is 0. The minimum Gasteiger partial charge on any atom is -0.497 e. The van der Waals surface area contributed by atoms with Crippen molar-refractivity contribution in [3.8, 4) is 5.75 Å². The van der Waals surface area contributed by atoms with Crippen molar-refractivity contribution in [3.05, 3.63) is 65.5 Å². The van der Waals surface area contributed by atoms with Crippen LogP contribution in [-0.4, -0.2) is 19.0 Å². The van der Waals surface area contributed by atoms with Crippen LogP contribution in [0, 0.1) is 5.82 Å². The van der Waals surface area contributed by atoms with Gasteiger partial charge in [-0.05, 0) is 41.8 Å². The van der Waals surface area contributed by atoms with E-state index in [1.165, 1.54) is 12.1 Å². The molecule has 0 bridgehead atoms. The Morgan fingerprint density at radius 1 is 1.13 bits per heavy atom. The fourth-order valence-corrected chi connectivity index (χ4v) is 2.25. The first-order chi connectivity index (χ1) is 11.0. The first-order valence-electron chi connectivity index (χ1n) is 7.01. The van der Waals surface area contributed by atoms with Gasteiger partial charge in [-0.2, -0.15) is 4.99 Å². The molecule has 120 valence electrons. The number of halogens is 1. The van der Waals surface area contributed by atoms with E-state index < -0.39 is 11.8 Å². The molecule has 1 atom stereocenters. The average molecular weight is 315 g/mol. The van der Waals surface area contributed by atoms with E-state index in [0.717, 1.165) is 11.3 Å². The van der Waals surface area contributed by atoms with E-state index in [-0.39, 0.29) is 11.8 Å². The molecule has 0 saturated heterocycles. The van der Waals surface area contributed by atoms with Crippen LogP contribution in [0.3, 0.4) is 0 Å². The summed E-state index contributed by atoms with van der Waals surface area (Å²) in [7, 11) is 1.58. The molecule has 6 heteroatoms. The molecule has 0 saturated carbocycles. The highest BCUT2D eigenvalue weighted by atomic mass is 19.1. The third-order valence-corrected chi connectivity index (χ3v) is 3.41. The van der Waals surface area contributed by atoms with E-state index in [1.54, 1.807) is 19.2 Å². The van der Waals surface area contributed by atoms with Crippen molar-refractivity contribution in [2.24, 2.45) is 16.5 Å². The van der Waals surface area contributed by atoms with Gasteiger partial charge in [0.1, 0.15) is 11.6 Å². The molecule has 5 nitrogen and oxygen atoms in total. The summed E-state index contributed by atoms with van der Waals surface area (Å²) in [5, 5.41) is 0. The van der Waals surface area contributed by atoms with Gasteiger partial charge in [-0.3, -0.25) is 4.79 Å². The minimum atomic E-state index is -0.592. The summed E-state index contributed by atoms with van der Waals surface area (Å²) in [5.74, 6) is -0.996. The van der Waals surface area contributed by atoms with E-state index in [0.29, 0.717) is 12.0 Å². The number of hydrogen-bond acceptors (Lipinski definition) is 2. The highest BCUT2D eigenvalue weighted by molar-refractivity contribution is 5.95. The standard InChI is InChI=1S/C17H18FN3O2/c1-23-14-8-2-11(3-9-14)10-15(16(22)21-17(19)20)12-4-6-13(18)7-5-12/h2-9,15H,10H2,1H3,(H4,19,20,21,22). The lowest BCUT2D eigenvalue weighted by Crippen LogP contribution is -2.26. The average Bonchev–Trinajstić information content (AvgIpc) is 2.53. The highest BCUT2D eigenvalue weighted by Crippen LogP contribution is 2.24. The lowest BCUT2D eigenvalue weighted by Gasteiger charge is -2.14. The molecule has 1 amide bonds. The maximum Gasteiger partial charge on any atom is 0.256 e. The molecule has 2 aromatic rings. The predicted molar refractivity (Wildman–Crippen MR) is 86.7 cm³/mol. The Morgan fingerprint density at radius 3 is 2.26 bits per heavy atom. The normalized spacial score (nSPS) is 11.6. The van der Waals surface area contributed by atoms with Crippen LogP contribution < -0.4 is 16.2 Å². The molecule has 0 aliphatic rings. The highest BCUT2D eigenvalue weighted by Gasteiger charge is 2.21. The van der Waals surface area contributed by atoms with Crippen molar-refractivity contribution in [2.75, 3.05) is 7.11 Å². The monoisotopic (exact) mass is 315 g/mol. The van der Waals surface area contributed by atoms with E-state index in [2.05, 4.69) is 4.99 Å². The molecule has 1 unspecified atom stereocenters. The summed E-state index contributed by atoms with van der Waals surface area (Å²) in [6, 6.07) is 13.1. The van der Waals surface area contributed by atoms with Gasteiger partial charge in [0, 0.05) is 0 Å². The summed E-state index contributed by atoms with van der Waals surface area (Å²) in [4.78, 5) is 15.9. The van der Waals surface area contributed by atoms with Crippen LogP contribution in [0.1, 0.15) is 17.0 Å². The van der Waals surface area contributed by atoms with E-state index in [4.69, 9.17) is 16.2 Å². The van der Waals surface area contributed by atoms with Gasteiger partial charge in [0.25, 0.3) is 5.91 Å². The first-order valence-corrected chi connectivity index (χ1v) is 7.01. The van der Waals surface area contributed by atoms with Crippen LogP contribution in [0.15, 0.2) is 53.5 Å². The SMILES string of the molecule is COc1ccc(CC(C(=O)N=C(N)N)c2ccc(F)cc2)cc1. The molecule has 0 radical (unpaired) electrons. The zero-order valence-corrected chi connectivity index (χ0v) is 12.7. The van der Waals surface area contributed by atoms with Crippen molar-refractivity contribution in [1.82, 2.24) is 0 Å². The Morgan fingerprint density at radius 2 is 1.74 bits per heavy atom. The van der Waals surface area contributed by atoms with Crippen LogP contribution in [-0.2, 0) is 11.2 Å². The van der Waals surface area contributed by atoms with Gasteiger partial charge in [-0.1, -0.05) is 24.3 Å². The molecule has 0 heterocycles. The molecular weight excluding hydrogens is 297 g/mol. The maximum atomic E-state index is 13.1. The van der Waals surface area contributed by atoms with E-state index in [9.17, 15) is 9.18 Å². The number of methoxy groups -OCH3 is 1. The quantitative estimate of drug-likeness (QED) is 0.652. The number of benzene rings is 2. The molecular formula is C17H18FN3O2. The molecule has 0 aromatic heterocycles. The summed E-state index contributed by atoms with van der Waals surface area (Å²) < 4.78 is 18.2. The second-order valence-electron chi connectivity index (χ2n) is 5.03. The molecule has 23 heavy (non-hydrogen) atoms. The Bertz CT molecular complexity index is 693. The fraction of sp³-hybridized carbons (Fsp3) is 0.176. The van der Waals surface area contributed by atoms with Crippen molar-refractivity contribution >= 4 is 11.9 Å². The number of ether oxygens (including phenoxy) is 1. The smallest absolute Gasteiger partial charge is 0.256 e. The molecule has 0 spiro atoms. The number of hydrogen-bond donors (Lipinski definition) is 2. The van der Waals surface area contributed by atoms with E-state index >= 15 is 0 Å². The van der Waals surface area contributed by atoms with Gasteiger partial charge in [-0.25, -0.2) is 4.39 Å². The maximum absolute atomic E-state index is 13.1. The van der Waals surface area contributed by atoms with Gasteiger partial charge >= 0.3 is 0 Å². The molecule has 2 aromatic carbocycles. The third-order valence-electron chi connectivity index (χ3n) is 3.41. The van der Waals surface area contributed by atoms with Crippen LogP contribution >= 0.6 is 0 Å². The van der Waals surface area contributed by atoms with Crippen molar-refractivity contribution in [2.45, 2.75) is 12.3 Å². The number of nitrogens with zero attached hydrogens (tertiary/aromatic N) is 1. The largest absolute Gasteiger partial charge is 0.497 e. The third kappa shape index (κ3) is 4.54. The number of carbonyl (C=O) groups is 1. The van der Waals surface area contributed by atoms with Gasteiger partial charge in [-0.15, -0.1) is 0 Å². The number of nitrogens with two attached hydrogens (primary N) is 2. The van der Waals surface area contributed by atoms with E-state index in [1.807, 2.05) is 24.3 Å². The lowest BCUT2D eigenvalue weighted by molar-refractivity contribution is -0.119. The topological polar surface area (TPSA) is 90.7 Å². The number of carbonyl (C=O) groups excluding carboxylic acids is 1. The van der Waals surface area contributed by atoms with Gasteiger partial charge in [0.15, 0.2) is 5.96 Å². The number of amides is 1. The molecule has 0 aliphatic heterocycles. The van der Waals surface area contributed by atoms with Crippen LogP contribution in [0.2, 0.25) is 0 Å². The second-order valence-corrected chi connectivity index (χ2v) is 5.03.